The molecule has 27 heavy (non-hydrogen) atoms. The summed E-state index contributed by atoms with van der Waals surface area (Å²) in [5, 5.41) is 2.99. The summed E-state index contributed by atoms with van der Waals surface area (Å²) in [6.45, 7) is 6.10. The second kappa shape index (κ2) is 7.51. The van der Waals surface area contributed by atoms with Crippen molar-refractivity contribution in [3.8, 4) is 0 Å². The van der Waals surface area contributed by atoms with Gasteiger partial charge in [-0.2, -0.15) is 0 Å². The van der Waals surface area contributed by atoms with Crippen LogP contribution in [0.15, 0.2) is 5.38 Å². The highest BCUT2D eigenvalue weighted by Crippen LogP contribution is 2.35. The lowest BCUT2D eigenvalue weighted by molar-refractivity contribution is -0.136. The Morgan fingerprint density at radius 1 is 1.30 bits per heavy atom. The quantitative estimate of drug-likeness (QED) is 0.788. The molecule has 2 aliphatic heterocycles. The number of piperazine rings is 1. The Kier molecular flexibility index (Phi) is 5.25. The minimum Gasteiger partial charge on any atom is -0.342 e. The lowest BCUT2D eigenvalue weighted by Crippen LogP contribution is -2.62. The Labute approximate surface area is 165 Å². The Morgan fingerprint density at radius 2 is 2.11 bits per heavy atom. The number of rotatable bonds is 4. The van der Waals surface area contributed by atoms with Crippen molar-refractivity contribution in [2.45, 2.75) is 51.0 Å². The van der Waals surface area contributed by atoms with Crippen LogP contribution in [-0.2, 0) is 16.0 Å². The molecule has 1 aromatic rings. The van der Waals surface area contributed by atoms with Gasteiger partial charge in [-0.05, 0) is 45.6 Å². The Balaban J connectivity index is 1.43. The van der Waals surface area contributed by atoms with E-state index in [0.717, 1.165) is 62.2 Å². The maximum Gasteiger partial charge on any atom is 0.228 e. The summed E-state index contributed by atoms with van der Waals surface area (Å²) >= 11 is 1.59. The average molecular weight is 391 g/mol. The van der Waals surface area contributed by atoms with E-state index in [4.69, 9.17) is 0 Å². The fourth-order valence-electron chi connectivity index (χ4n) is 4.47. The van der Waals surface area contributed by atoms with Crippen LogP contribution in [0, 0.1) is 12.8 Å². The van der Waals surface area contributed by atoms with Crippen LogP contribution >= 0.6 is 11.3 Å². The number of aromatic nitrogens is 1. The first kappa shape index (κ1) is 18.9. The molecule has 2 amide bonds. The molecule has 3 aliphatic rings. The number of likely N-dealkylation sites (N-methyl/N-ethyl adjacent to an activating group) is 1. The molecular weight excluding hydrogens is 360 g/mol. The number of hydrogen-bond acceptors (Lipinski definition) is 5. The SMILES string of the molecule is Cc1nc(CC(=O)N2CCN(C)[C@@]3(CCC(=O)N(CC4CC4)CC3)C2)cs1. The number of carbonyl (C=O) groups excluding carboxylic acids is 2. The van der Waals surface area contributed by atoms with Crippen molar-refractivity contribution in [2.24, 2.45) is 5.92 Å². The number of hydrogen-bond donors (Lipinski definition) is 0. The second-order valence-electron chi connectivity index (χ2n) is 8.53. The van der Waals surface area contributed by atoms with Gasteiger partial charge in [0.15, 0.2) is 0 Å². The van der Waals surface area contributed by atoms with E-state index in [9.17, 15) is 9.59 Å². The third kappa shape index (κ3) is 4.19. The zero-order valence-corrected chi connectivity index (χ0v) is 17.3. The minimum absolute atomic E-state index is 0.0696. The average Bonchev–Trinajstić information content (AvgIpc) is 3.40. The van der Waals surface area contributed by atoms with Crippen molar-refractivity contribution in [1.82, 2.24) is 19.7 Å². The van der Waals surface area contributed by atoms with E-state index in [0.29, 0.717) is 18.7 Å². The molecule has 1 aliphatic carbocycles. The number of carbonyl (C=O) groups is 2. The zero-order chi connectivity index (χ0) is 19.0. The summed E-state index contributed by atoms with van der Waals surface area (Å²) < 4.78 is 0. The van der Waals surface area contributed by atoms with E-state index in [1.807, 2.05) is 17.2 Å². The van der Waals surface area contributed by atoms with Gasteiger partial charge in [-0.15, -0.1) is 11.3 Å². The topological polar surface area (TPSA) is 56.8 Å². The third-order valence-electron chi connectivity index (χ3n) is 6.53. The number of thiazole rings is 1. The van der Waals surface area contributed by atoms with E-state index in [2.05, 4.69) is 21.8 Å². The van der Waals surface area contributed by atoms with Gasteiger partial charge in [-0.3, -0.25) is 14.5 Å². The van der Waals surface area contributed by atoms with Gasteiger partial charge >= 0.3 is 0 Å². The molecule has 1 spiro atoms. The summed E-state index contributed by atoms with van der Waals surface area (Å²) in [5.74, 6) is 1.19. The molecule has 0 radical (unpaired) electrons. The summed E-state index contributed by atoms with van der Waals surface area (Å²) in [6.07, 6.45) is 5.34. The first-order valence-corrected chi connectivity index (χ1v) is 11.0. The van der Waals surface area contributed by atoms with Crippen LogP contribution in [0.1, 0.15) is 42.8 Å². The van der Waals surface area contributed by atoms with Crippen LogP contribution in [-0.4, -0.2) is 76.8 Å². The molecule has 1 atom stereocenters. The first-order valence-electron chi connectivity index (χ1n) is 10.1. The maximum atomic E-state index is 12.9. The third-order valence-corrected chi connectivity index (χ3v) is 7.35. The van der Waals surface area contributed by atoms with Gasteiger partial charge in [-0.25, -0.2) is 4.98 Å². The Bertz CT molecular complexity index is 717. The van der Waals surface area contributed by atoms with Crippen molar-refractivity contribution in [2.75, 3.05) is 39.8 Å². The van der Waals surface area contributed by atoms with E-state index < -0.39 is 0 Å². The maximum absolute atomic E-state index is 12.9. The summed E-state index contributed by atoms with van der Waals surface area (Å²) in [5.41, 5.74) is 0.807. The standard InChI is InChI=1S/C20H30N4O2S/c1-15-21-17(13-27-15)11-19(26)24-10-9-22(2)20(14-24)6-5-18(25)23(8-7-20)12-16-3-4-16/h13,16H,3-12,14H2,1-2H3/t20-/m1/s1. The monoisotopic (exact) mass is 390 g/mol. The summed E-state index contributed by atoms with van der Waals surface area (Å²) in [7, 11) is 2.16. The van der Waals surface area contributed by atoms with Crippen LogP contribution in [0.4, 0.5) is 0 Å². The highest BCUT2D eigenvalue weighted by atomic mass is 32.1. The molecule has 4 rings (SSSR count). The molecular formula is C20H30N4O2S. The van der Waals surface area contributed by atoms with Gasteiger partial charge in [0.25, 0.3) is 0 Å². The molecule has 2 saturated heterocycles. The molecule has 0 N–H and O–H groups in total. The predicted molar refractivity (Wildman–Crippen MR) is 106 cm³/mol. The molecule has 1 saturated carbocycles. The molecule has 1 aromatic heterocycles. The van der Waals surface area contributed by atoms with Crippen LogP contribution < -0.4 is 0 Å². The van der Waals surface area contributed by atoms with Gasteiger partial charge in [0.05, 0.1) is 17.1 Å². The minimum atomic E-state index is -0.0696. The van der Waals surface area contributed by atoms with E-state index in [1.54, 1.807) is 11.3 Å². The van der Waals surface area contributed by atoms with E-state index >= 15 is 0 Å². The number of likely N-dealkylation sites (tertiary alicyclic amines) is 1. The van der Waals surface area contributed by atoms with Gasteiger partial charge in [0.2, 0.25) is 11.8 Å². The molecule has 3 heterocycles. The fourth-order valence-corrected chi connectivity index (χ4v) is 5.08. The fraction of sp³-hybridized carbons (Fsp3) is 0.750. The van der Waals surface area contributed by atoms with Gasteiger partial charge in [0.1, 0.15) is 0 Å². The van der Waals surface area contributed by atoms with Crippen molar-refractivity contribution in [3.63, 3.8) is 0 Å². The van der Waals surface area contributed by atoms with E-state index in [1.165, 1.54) is 12.8 Å². The van der Waals surface area contributed by atoms with Gasteiger partial charge in [-0.1, -0.05) is 0 Å². The number of nitrogens with zero attached hydrogens (tertiary/aromatic N) is 4. The predicted octanol–water partition coefficient (Wildman–Crippen LogP) is 1.93. The molecule has 148 valence electrons. The first-order chi connectivity index (χ1) is 12.9. The van der Waals surface area contributed by atoms with Crippen molar-refractivity contribution < 1.29 is 9.59 Å². The lowest BCUT2D eigenvalue weighted by Gasteiger charge is -2.49. The Morgan fingerprint density at radius 3 is 2.81 bits per heavy atom. The van der Waals surface area contributed by atoms with Crippen molar-refractivity contribution in [1.29, 1.82) is 0 Å². The zero-order valence-electron chi connectivity index (χ0n) is 16.4. The van der Waals surface area contributed by atoms with Crippen LogP contribution in [0.25, 0.3) is 0 Å². The lowest BCUT2D eigenvalue weighted by atomic mass is 9.86. The van der Waals surface area contributed by atoms with Gasteiger partial charge < -0.3 is 9.80 Å². The Hall–Kier alpha value is -1.47. The largest absolute Gasteiger partial charge is 0.342 e. The summed E-state index contributed by atoms with van der Waals surface area (Å²) in [4.78, 5) is 36.4. The molecule has 0 aromatic carbocycles. The van der Waals surface area contributed by atoms with Crippen molar-refractivity contribution >= 4 is 23.2 Å². The molecule has 0 unspecified atom stereocenters. The summed E-state index contributed by atoms with van der Waals surface area (Å²) in [6, 6.07) is 0. The molecule has 3 fully saturated rings. The van der Waals surface area contributed by atoms with Crippen LogP contribution in [0.5, 0.6) is 0 Å². The number of aryl methyl sites for hydroxylation is 1. The highest BCUT2D eigenvalue weighted by molar-refractivity contribution is 7.09. The smallest absolute Gasteiger partial charge is 0.228 e. The van der Waals surface area contributed by atoms with Crippen molar-refractivity contribution in [3.05, 3.63) is 16.1 Å². The molecule has 6 nitrogen and oxygen atoms in total. The number of amides is 2. The van der Waals surface area contributed by atoms with Crippen LogP contribution in [0.2, 0.25) is 0 Å². The normalized spacial score (nSPS) is 27.3. The second-order valence-corrected chi connectivity index (χ2v) is 9.59. The molecule has 7 heteroatoms. The van der Waals surface area contributed by atoms with Gasteiger partial charge in [0, 0.05) is 50.1 Å². The molecule has 0 bridgehead atoms. The van der Waals surface area contributed by atoms with Crippen LogP contribution in [0.3, 0.4) is 0 Å². The highest BCUT2D eigenvalue weighted by Gasteiger charge is 2.43. The van der Waals surface area contributed by atoms with E-state index in [-0.39, 0.29) is 11.4 Å².